The second-order valence-corrected chi connectivity index (χ2v) is 5.25. The molecule has 2 N–H and O–H groups in total. The number of aryl methyl sites for hydroxylation is 1. The number of hydrogen-bond acceptors (Lipinski definition) is 4. The highest BCUT2D eigenvalue weighted by atomic mass is 16.5. The second-order valence-electron chi connectivity index (χ2n) is 5.25. The fraction of sp³-hybridized carbons (Fsp3) is 0.846. The summed E-state index contributed by atoms with van der Waals surface area (Å²) in [5, 5.41) is 4.13. The van der Waals surface area contributed by atoms with Crippen molar-refractivity contribution in [3.8, 4) is 0 Å². The van der Waals surface area contributed by atoms with Crippen LogP contribution in [0.5, 0.6) is 0 Å². The minimum Gasteiger partial charge on any atom is -0.339 e. The fourth-order valence-corrected chi connectivity index (χ4v) is 2.42. The number of hydrogen-bond donors (Lipinski definition) is 1. The van der Waals surface area contributed by atoms with Gasteiger partial charge in [-0.05, 0) is 26.2 Å². The Balaban J connectivity index is 1.92. The summed E-state index contributed by atoms with van der Waals surface area (Å²) in [5.74, 6) is 2.19. The Morgan fingerprint density at radius 3 is 2.65 bits per heavy atom. The summed E-state index contributed by atoms with van der Waals surface area (Å²) in [6.45, 7) is 2.00. The third-order valence-electron chi connectivity index (χ3n) is 3.52. The van der Waals surface area contributed by atoms with Crippen LogP contribution in [0.25, 0.3) is 0 Å². The van der Waals surface area contributed by atoms with Crippen molar-refractivity contribution in [1.29, 1.82) is 0 Å². The van der Waals surface area contributed by atoms with E-state index in [0.29, 0.717) is 5.92 Å². The topological polar surface area (TPSA) is 64.9 Å². The van der Waals surface area contributed by atoms with Gasteiger partial charge >= 0.3 is 0 Å². The van der Waals surface area contributed by atoms with Gasteiger partial charge in [0.05, 0.1) is 0 Å². The van der Waals surface area contributed by atoms with Crippen molar-refractivity contribution >= 4 is 0 Å². The molecular weight excluding hydrogens is 214 g/mol. The van der Waals surface area contributed by atoms with E-state index in [-0.39, 0.29) is 6.04 Å². The van der Waals surface area contributed by atoms with E-state index in [1.807, 2.05) is 6.92 Å². The minimum atomic E-state index is 0.197. The molecule has 1 aromatic heterocycles. The van der Waals surface area contributed by atoms with Gasteiger partial charge in [0.15, 0.2) is 5.82 Å². The van der Waals surface area contributed by atoms with Crippen LogP contribution in [-0.4, -0.2) is 16.2 Å². The highest BCUT2D eigenvalue weighted by molar-refractivity contribution is 4.96. The number of nitrogens with two attached hydrogens (primary N) is 1. The standard InChI is InChI=1S/C13H23N3O/c1-10(14)8-9-12-15-13(16-17-12)11-6-4-2-3-5-7-11/h10-11H,2-9,14H2,1H3. The van der Waals surface area contributed by atoms with Crippen LogP contribution in [0.2, 0.25) is 0 Å². The van der Waals surface area contributed by atoms with Gasteiger partial charge in [-0.1, -0.05) is 30.8 Å². The molecule has 2 rings (SSSR count). The van der Waals surface area contributed by atoms with E-state index in [1.165, 1.54) is 38.5 Å². The molecule has 4 nitrogen and oxygen atoms in total. The largest absolute Gasteiger partial charge is 0.339 e. The first kappa shape index (κ1) is 12.6. The van der Waals surface area contributed by atoms with Gasteiger partial charge in [-0.25, -0.2) is 0 Å². The van der Waals surface area contributed by atoms with Gasteiger partial charge in [-0.15, -0.1) is 0 Å². The first-order valence-electron chi connectivity index (χ1n) is 6.84. The lowest BCUT2D eigenvalue weighted by molar-refractivity contribution is 0.362. The molecular formula is C13H23N3O. The molecule has 4 heteroatoms. The zero-order valence-corrected chi connectivity index (χ0v) is 10.7. The lowest BCUT2D eigenvalue weighted by Gasteiger charge is -2.07. The van der Waals surface area contributed by atoms with E-state index in [1.54, 1.807) is 0 Å². The van der Waals surface area contributed by atoms with Crippen LogP contribution in [-0.2, 0) is 6.42 Å². The van der Waals surface area contributed by atoms with Crippen molar-refractivity contribution in [3.05, 3.63) is 11.7 Å². The fourth-order valence-electron chi connectivity index (χ4n) is 2.42. The van der Waals surface area contributed by atoms with Crippen molar-refractivity contribution in [3.63, 3.8) is 0 Å². The Hall–Kier alpha value is -0.900. The van der Waals surface area contributed by atoms with E-state index >= 15 is 0 Å². The molecule has 0 amide bonds. The van der Waals surface area contributed by atoms with Crippen LogP contribution in [0.15, 0.2) is 4.52 Å². The highest BCUT2D eigenvalue weighted by Crippen LogP contribution is 2.29. The molecule has 1 saturated carbocycles. The number of aromatic nitrogens is 2. The van der Waals surface area contributed by atoms with Gasteiger partial charge in [0.1, 0.15) is 0 Å². The van der Waals surface area contributed by atoms with Crippen molar-refractivity contribution in [2.75, 3.05) is 0 Å². The Morgan fingerprint density at radius 2 is 2.00 bits per heavy atom. The van der Waals surface area contributed by atoms with Crippen molar-refractivity contribution in [2.24, 2.45) is 5.73 Å². The molecule has 1 aliphatic rings. The van der Waals surface area contributed by atoms with Gasteiger partial charge in [0, 0.05) is 18.4 Å². The zero-order valence-electron chi connectivity index (χ0n) is 10.7. The lowest BCUT2D eigenvalue weighted by atomic mass is 10.00. The van der Waals surface area contributed by atoms with E-state index in [0.717, 1.165) is 24.6 Å². The Kier molecular flexibility index (Phi) is 4.54. The average molecular weight is 237 g/mol. The SMILES string of the molecule is CC(N)CCc1nc(C2CCCCCC2)no1. The molecule has 1 aromatic rings. The first-order valence-corrected chi connectivity index (χ1v) is 6.84. The third-order valence-corrected chi connectivity index (χ3v) is 3.52. The molecule has 1 heterocycles. The smallest absolute Gasteiger partial charge is 0.226 e. The quantitative estimate of drug-likeness (QED) is 0.818. The van der Waals surface area contributed by atoms with E-state index in [9.17, 15) is 0 Å². The predicted molar refractivity (Wildman–Crippen MR) is 66.7 cm³/mol. The summed E-state index contributed by atoms with van der Waals surface area (Å²) < 4.78 is 5.29. The van der Waals surface area contributed by atoms with Gasteiger partial charge in [-0.3, -0.25) is 0 Å². The third kappa shape index (κ3) is 3.80. The van der Waals surface area contributed by atoms with Crippen LogP contribution >= 0.6 is 0 Å². The summed E-state index contributed by atoms with van der Waals surface area (Å²) in [6.07, 6.45) is 9.45. The molecule has 0 radical (unpaired) electrons. The Morgan fingerprint density at radius 1 is 1.29 bits per heavy atom. The van der Waals surface area contributed by atoms with Crippen LogP contribution in [0.4, 0.5) is 0 Å². The molecule has 0 bridgehead atoms. The first-order chi connectivity index (χ1) is 8.25. The zero-order chi connectivity index (χ0) is 12.1. The van der Waals surface area contributed by atoms with Crippen molar-refractivity contribution < 1.29 is 4.52 Å². The van der Waals surface area contributed by atoms with E-state index < -0.39 is 0 Å². The molecule has 96 valence electrons. The molecule has 0 spiro atoms. The summed E-state index contributed by atoms with van der Waals surface area (Å²) in [6, 6.07) is 0.197. The monoisotopic (exact) mass is 237 g/mol. The van der Waals surface area contributed by atoms with Gasteiger partial charge < -0.3 is 10.3 Å². The van der Waals surface area contributed by atoms with Gasteiger partial charge in [0.25, 0.3) is 0 Å². The summed E-state index contributed by atoms with van der Waals surface area (Å²) >= 11 is 0. The van der Waals surface area contributed by atoms with Crippen molar-refractivity contribution in [1.82, 2.24) is 10.1 Å². The van der Waals surface area contributed by atoms with Crippen LogP contribution in [0, 0.1) is 0 Å². The van der Waals surface area contributed by atoms with Crippen molar-refractivity contribution in [2.45, 2.75) is 70.3 Å². The summed E-state index contributed by atoms with van der Waals surface area (Å²) in [7, 11) is 0. The van der Waals surface area contributed by atoms with E-state index in [2.05, 4.69) is 10.1 Å². The Bertz CT molecular complexity index is 327. The number of nitrogens with zero attached hydrogens (tertiary/aromatic N) is 2. The summed E-state index contributed by atoms with van der Waals surface area (Å²) in [5.41, 5.74) is 5.72. The molecule has 1 unspecified atom stereocenters. The Labute approximate surface area is 103 Å². The van der Waals surface area contributed by atoms with Gasteiger partial charge in [-0.2, -0.15) is 4.98 Å². The normalized spacial score (nSPS) is 20.1. The maximum Gasteiger partial charge on any atom is 0.226 e. The highest BCUT2D eigenvalue weighted by Gasteiger charge is 2.19. The summed E-state index contributed by atoms with van der Waals surface area (Å²) in [4.78, 5) is 4.51. The maximum absolute atomic E-state index is 5.72. The molecule has 0 aliphatic heterocycles. The number of rotatable bonds is 4. The second kappa shape index (κ2) is 6.15. The minimum absolute atomic E-state index is 0.197. The van der Waals surface area contributed by atoms with Crippen LogP contribution in [0.3, 0.4) is 0 Å². The molecule has 17 heavy (non-hydrogen) atoms. The lowest BCUT2D eigenvalue weighted by Crippen LogP contribution is -2.15. The van der Waals surface area contributed by atoms with Crippen LogP contribution < -0.4 is 5.73 Å². The van der Waals surface area contributed by atoms with Crippen LogP contribution in [0.1, 0.15) is 69.5 Å². The predicted octanol–water partition coefficient (Wildman–Crippen LogP) is 2.79. The maximum atomic E-state index is 5.72. The van der Waals surface area contributed by atoms with E-state index in [4.69, 9.17) is 10.3 Å². The molecule has 0 saturated heterocycles. The average Bonchev–Trinajstić information content (AvgIpc) is 2.60. The molecule has 1 aliphatic carbocycles. The van der Waals surface area contributed by atoms with Gasteiger partial charge in [0.2, 0.25) is 5.89 Å². The molecule has 1 atom stereocenters. The molecule has 0 aromatic carbocycles. The molecule has 1 fully saturated rings.